The van der Waals surface area contributed by atoms with Gasteiger partial charge < -0.3 is 21.3 Å². The van der Waals surface area contributed by atoms with Crippen LogP contribution >= 0.6 is 0 Å². The van der Waals surface area contributed by atoms with E-state index in [-0.39, 0.29) is 17.1 Å². The summed E-state index contributed by atoms with van der Waals surface area (Å²) in [4.78, 5) is 0. The van der Waals surface area contributed by atoms with Gasteiger partial charge >= 0.3 is 17.1 Å². The second-order valence-electron chi connectivity index (χ2n) is 6.65. The van der Waals surface area contributed by atoms with Gasteiger partial charge in [0.15, 0.2) is 0 Å². The van der Waals surface area contributed by atoms with Gasteiger partial charge in [-0.15, -0.1) is 20.5 Å². The number of halogens is 2. The standard InChI is InChI=1S/C14H32N4.2ClHO4.Cu/c1-11-9-12(2)16-7-8-18-14(4)10-13(3)17-6-5-15-11;2*2-1(3,4)5;/h11-18H,5-10H2,1-4H3;2*(H,2,3,4,5);/q;;;+2/p-2/t11-,12+,13-,14+;;;. The van der Waals surface area contributed by atoms with E-state index in [1.807, 2.05) is 0 Å². The van der Waals surface area contributed by atoms with Crippen molar-refractivity contribution in [1.82, 2.24) is 21.3 Å². The van der Waals surface area contributed by atoms with E-state index in [1.54, 1.807) is 0 Å². The van der Waals surface area contributed by atoms with E-state index >= 15 is 0 Å². The molecule has 0 unspecified atom stereocenters. The van der Waals surface area contributed by atoms with Gasteiger partial charge in [-0.3, -0.25) is 0 Å². The maximum absolute atomic E-state index is 8.49. The van der Waals surface area contributed by atoms with Crippen LogP contribution in [0.3, 0.4) is 0 Å². The first-order valence-corrected chi connectivity index (χ1v) is 11.2. The minimum absolute atomic E-state index is 0. The maximum Gasteiger partial charge on any atom is 2.00 e. The SMILES string of the molecule is C[C@@H]1C[C@H](C)NCCN[C@@H](C)C[C@@H](C)NCCN1.[Cu+2].[O-][Cl+3]([O-])([O-])[O-].[O-][Cl+3]([O-])([O-])[O-]. The van der Waals surface area contributed by atoms with Crippen LogP contribution in [0.1, 0.15) is 40.5 Å². The Morgan fingerprint density at radius 2 is 0.621 bits per heavy atom. The van der Waals surface area contributed by atoms with Crippen LogP contribution in [-0.2, 0) is 17.1 Å². The number of nitrogens with one attached hydrogen (secondary N) is 4. The molecule has 0 spiro atoms. The van der Waals surface area contributed by atoms with Gasteiger partial charge in [0.2, 0.25) is 0 Å². The smallest absolute Gasteiger partial charge is 0.313 e. The van der Waals surface area contributed by atoms with Crippen molar-refractivity contribution in [3.05, 3.63) is 0 Å². The first-order valence-electron chi connectivity index (χ1n) is 8.75. The molecule has 1 heterocycles. The third kappa shape index (κ3) is 39.6. The summed E-state index contributed by atoms with van der Waals surface area (Å²) in [6, 6.07) is 2.33. The third-order valence-corrected chi connectivity index (χ3v) is 3.64. The van der Waals surface area contributed by atoms with E-state index in [0.29, 0.717) is 24.2 Å². The monoisotopic (exact) mass is 517 g/mol. The second kappa shape index (κ2) is 18.2. The molecule has 15 heteroatoms. The second-order valence-corrected chi connectivity index (χ2v) is 8.16. The van der Waals surface area contributed by atoms with Crippen molar-refractivity contribution in [2.45, 2.75) is 64.7 Å². The Morgan fingerprint density at radius 1 is 0.483 bits per heavy atom. The summed E-state index contributed by atoms with van der Waals surface area (Å²) < 4.78 is 67.9. The van der Waals surface area contributed by atoms with Crippen molar-refractivity contribution in [3.8, 4) is 0 Å². The molecular formula is C14H32Cl2CuN4O8. The zero-order chi connectivity index (χ0) is 22.4. The van der Waals surface area contributed by atoms with Crippen LogP contribution < -0.4 is 58.5 Å². The predicted octanol–water partition coefficient (Wildman–Crippen LogP) is -8.82. The van der Waals surface area contributed by atoms with E-state index in [0.717, 1.165) is 26.2 Å². The summed E-state index contributed by atoms with van der Waals surface area (Å²) in [6.45, 7) is 13.3. The predicted molar refractivity (Wildman–Crippen MR) is 79.1 cm³/mol. The molecule has 1 aliphatic rings. The molecule has 1 rings (SSSR count). The van der Waals surface area contributed by atoms with Crippen LogP contribution in [0.4, 0.5) is 0 Å². The van der Waals surface area contributed by atoms with Crippen LogP contribution in [0.5, 0.6) is 0 Å². The molecule has 1 aliphatic heterocycles. The molecule has 1 radical (unpaired) electrons. The summed E-state index contributed by atoms with van der Waals surface area (Å²) in [7, 11) is -9.89. The summed E-state index contributed by atoms with van der Waals surface area (Å²) in [5, 5.41) is 14.3. The summed E-state index contributed by atoms with van der Waals surface area (Å²) in [5.74, 6) is 0. The van der Waals surface area contributed by atoms with Crippen LogP contribution in [0.15, 0.2) is 0 Å². The fraction of sp³-hybridized carbons (Fsp3) is 1.00. The fourth-order valence-electron chi connectivity index (χ4n) is 2.67. The average Bonchev–Trinajstić information content (AvgIpc) is 2.44. The molecule has 0 amide bonds. The summed E-state index contributed by atoms with van der Waals surface area (Å²) in [5.41, 5.74) is 0. The molecule has 1 saturated heterocycles. The van der Waals surface area contributed by atoms with Crippen LogP contribution in [0.25, 0.3) is 0 Å². The Morgan fingerprint density at radius 3 is 0.759 bits per heavy atom. The van der Waals surface area contributed by atoms with Gasteiger partial charge in [0.25, 0.3) is 0 Å². The zero-order valence-corrected chi connectivity index (χ0v) is 19.3. The van der Waals surface area contributed by atoms with Crippen molar-refractivity contribution in [3.63, 3.8) is 0 Å². The quantitative estimate of drug-likeness (QED) is 0.219. The van der Waals surface area contributed by atoms with Gasteiger partial charge in [0.1, 0.15) is 0 Å². The van der Waals surface area contributed by atoms with Crippen molar-refractivity contribution in [1.29, 1.82) is 0 Å². The molecule has 4 atom stereocenters. The molecule has 29 heavy (non-hydrogen) atoms. The van der Waals surface area contributed by atoms with Crippen LogP contribution in [0, 0.1) is 20.5 Å². The minimum atomic E-state index is -4.94. The van der Waals surface area contributed by atoms with Gasteiger partial charge in [0, 0.05) is 50.3 Å². The van der Waals surface area contributed by atoms with Crippen molar-refractivity contribution < 1.29 is 74.8 Å². The molecule has 1 fully saturated rings. The van der Waals surface area contributed by atoms with Gasteiger partial charge in [-0.05, 0) is 40.5 Å². The fourth-order valence-corrected chi connectivity index (χ4v) is 2.67. The Labute approximate surface area is 187 Å². The molecule has 0 saturated carbocycles. The number of rotatable bonds is 0. The van der Waals surface area contributed by atoms with Crippen molar-refractivity contribution in [2.24, 2.45) is 0 Å². The molecule has 4 N–H and O–H groups in total. The molecular weight excluding hydrogens is 487 g/mol. The Balaban J connectivity index is -0.000000512. The summed E-state index contributed by atoms with van der Waals surface area (Å²) in [6.07, 6.45) is 2.37. The molecule has 0 aromatic carbocycles. The normalized spacial score (nSPS) is 27.7. The Kier molecular flexibility index (Phi) is 21.5. The molecule has 0 aliphatic carbocycles. The van der Waals surface area contributed by atoms with Crippen LogP contribution in [-0.4, -0.2) is 50.3 Å². The van der Waals surface area contributed by atoms with Gasteiger partial charge in [0.05, 0.1) is 0 Å². The average molecular weight is 519 g/mol. The first kappa shape index (κ1) is 34.2. The van der Waals surface area contributed by atoms with E-state index in [9.17, 15) is 0 Å². The topological polar surface area (TPSA) is 233 Å². The Bertz CT molecular complexity index is 315. The van der Waals surface area contributed by atoms with Gasteiger partial charge in [-0.25, -0.2) is 37.3 Å². The van der Waals surface area contributed by atoms with Crippen molar-refractivity contribution >= 4 is 0 Å². The van der Waals surface area contributed by atoms with Crippen LogP contribution in [0.2, 0.25) is 0 Å². The van der Waals surface area contributed by atoms with Gasteiger partial charge in [-0.2, -0.15) is 0 Å². The maximum atomic E-state index is 8.49. The molecule has 0 aromatic heterocycles. The first-order chi connectivity index (χ1) is 12.6. The summed E-state index contributed by atoms with van der Waals surface area (Å²) >= 11 is 0. The van der Waals surface area contributed by atoms with Gasteiger partial charge in [-0.1, -0.05) is 0 Å². The van der Waals surface area contributed by atoms with E-state index < -0.39 is 20.5 Å². The van der Waals surface area contributed by atoms with E-state index in [4.69, 9.17) is 37.3 Å². The Hall–Kier alpha value is 0.619. The third-order valence-electron chi connectivity index (χ3n) is 3.64. The van der Waals surface area contributed by atoms with E-state index in [2.05, 4.69) is 49.0 Å². The van der Waals surface area contributed by atoms with Crippen molar-refractivity contribution in [2.75, 3.05) is 26.2 Å². The van der Waals surface area contributed by atoms with E-state index in [1.165, 1.54) is 12.8 Å². The molecule has 181 valence electrons. The number of hydrogen-bond acceptors (Lipinski definition) is 12. The number of hydrogen-bond donors (Lipinski definition) is 4. The molecule has 12 nitrogen and oxygen atoms in total. The molecule has 0 bridgehead atoms. The zero-order valence-electron chi connectivity index (χ0n) is 16.9. The minimum Gasteiger partial charge on any atom is -0.313 e. The largest absolute Gasteiger partial charge is 2.00 e. The molecule has 0 aromatic rings.